The Morgan fingerprint density at radius 2 is 1.48 bits per heavy atom. The lowest BCUT2D eigenvalue weighted by Crippen LogP contribution is -2.38. The second kappa shape index (κ2) is 12.6. The predicted molar refractivity (Wildman–Crippen MR) is 166 cm³/mol. The number of methoxy groups -OCH3 is 1. The Bertz CT molecular complexity index is 1830. The van der Waals surface area contributed by atoms with Gasteiger partial charge in [0.15, 0.2) is 0 Å². The van der Waals surface area contributed by atoms with E-state index in [1.54, 1.807) is 37.3 Å². The number of amides is 1. The van der Waals surface area contributed by atoms with Crippen LogP contribution in [0.4, 0.5) is 17.1 Å². The van der Waals surface area contributed by atoms with E-state index in [1.807, 2.05) is 6.92 Å². The fourth-order valence-corrected chi connectivity index (χ4v) is 6.90. The zero-order valence-corrected chi connectivity index (χ0v) is 25.9. The highest BCUT2D eigenvalue weighted by Gasteiger charge is 2.28. The minimum Gasteiger partial charge on any atom is -0.495 e. The molecule has 220 valence electrons. The van der Waals surface area contributed by atoms with Gasteiger partial charge in [-0.15, -0.1) is 0 Å². The molecular weight excluding hydrogens is 621 g/mol. The number of carbonyl (C=O) groups is 1. The normalized spacial score (nSPS) is 11.5. The van der Waals surface area contributed by atoms with E-state index in [2.05, 4.69) is 10.0 Å². The SMILES string of the molecule is COc1ccc(N(CC(=O)Nc2ccc(S(=O)(=O)Nc3cccc(Cl)c3C)cc2)S(=O)(=O)c2ccc(C)cc2)cc1Cl. The molecule has 0 saturated heterocycles. The molecule has 9 nitrogen and oxygen atoms in total. The van der Waals surface area contributed by atoms with E-state index < -0.39 is 32.5 Å². The van der Waals surface area contributed by atoms with Gasteiger partial charge in [-0.3, -0.25) is 13.8 Å². The first-order valence-electron chi connectivity index (χ1n) is 12.4. The van der Waals surface area contributed by atoms with Crippen molar-refractivity contribution < 1.29 is 26.4 Å². The van der Waals surface area contributed by atoms with Crippen LogP contribution in [0.1, 0.15) is 11.1 Å². The lowest BCUT2D eigenvalue weighted by atomic mass is 10.2. The summed E-state index contributed by atoms with van der Waals surface area (Å²) in [7, 11) is -6.70. The summed E-state index contributed by atoms with van der Waals surface area (Å²) in [5, 5.41) is 3.21. The molecule has 42 heavy (non-hydrogen) atoms. The molecule has 2 N–H and O–H groups in total. The third-order valence-electron chi connectivity index (χ3n) is 6.28. The van der Waals surface area contributed by atoms with Crippen molar-refractivity contribution in [1.82, 2.24) is 0 Å². The van der Waals surface area contributed by atoms with E-state index in [1.165, 1.54) is 61.7 Å². The van der Waals surface area contributed by atoms with Crippen LogP contribution in [0.5, 0.6) is 5.75 Å². The van der Waals surface area contributed by atoms with Gasteiger partial charge in [-0.05, 0) is 86.1 Å². The first-order valence-corrected chi connectivity index (χ1v) is 16.1. The van der Waals surface area contributed by atoms with Crippen molar-refractivity contribution in [3.05, 3.63) is 106 Å². The zero-order chi connectivity index (χ0) is 30.7. The quantitative estimate of drug-likeness (QED) is 0.210. The number of hydrogen-bond donors (Lipinski definition) is 2. The fraction of sp³-hybridized carbons (Fsp3) is 0.138. The number of carbonyl (C=O) groups excluding carboxylic acids is 1. The molecule has 0 aliphatic carbocycles. The summed E-state index contributed by atoms with van der Waals surface area (Å²) in [5.74, 6) is -0.325. The highest BCUT2D eigenvalue weighted by Crippen LogP contribution is 2.32. The highest BCUT2D eigenvalue weighted by atomic mass is 35.5. The van der Waals surface area contributed by atoms with E-state index in [0.717, 1.165) is 9.87 Å². The number of aryl methyl sites for hydroxylation is 1. The Labute approximate surface area is 255 Å². The number of benzene rings is 4. The monoisotopic (exact) mass is 647 g/mol. The van der Waals surface area contributed by atoms with Crippen molar-refractivity contribution in [1.29, 1.82) is 0 Å². The number of anilines is 3. The van der Waals surface area contributed by atoms with Gasteiger partial charge in [-0.25, -0.2) is 16.8 Å². The number of nitrogens with one attached hydrogen (secondary N) is 2. The summed E-state index contributed by atoms with van der Waals surface area (Å²) < 4.78 is 61.7. The Balaban J connectivity index is 1.56. The van der Waals surface area contributed by atoms with Crippen molar-refractivity contribution in [3.63, 3.8) is 0 Å². The summed E-state index contributed by atoms with van der Waals surface area (Å²) in [4.78, 5) is 13.1. The average molecular weight is 649 g/mol. The van der Waals surface area contributed by atoms with Crippen LogP contribution in [0.25, 0.3) is 0 Å². The molecule has 0 saturated carbocycles. The highest BCUT2D eigenvalue weighted by molar-refractivity contribution is 7.93. The molecule has 0 bridgehead atoms. The number of rotatable bonds is 10. The van der Waals surface area contributed by atoms with Gasteiger partial charge in [0, 0.05) is 10.7 Å². The Kier molecular flexibility index (Phi) is 9.37. The van der Waals surface area contributed by atoms with Crippen LogP contribution in [0.3, 0.4) is 0 Å². The number of ether oxygens (including phenoxy) is 1. The van der Waals surface area contributed by atoms with Crippen molar-refractivity contribution in [3.8, 4) is 5.75 Å². The Hall–Kier alpha value is -3.77. The lowest BCUT2D eigenvalue weighted by Gasteiger charge is -2.24. The van der Waals surface area contributed by atoms with Crippen LogP contribution in [-0.2, 0) is 24.8 Å². The van der Waals surface area contributed by atoms with Gasteiger partial charge in [0.05, 0.1) is 33.3 Å². The minimum absolute atomic E-state index is 0.00941. The molecule has 0 radical (unpaired) electrons. The molecule has 0 spiro atoms. The van der Waals surface area contributed by atoms with Crippen LogP contribution in [0.15, 0.2) is 94.7 Å². The molecule has 0 aliphatic rings. The molecule has 0 aliphatic heterocycles. The van der Waals surface area contributed by atoms with E-state index in [0.29, 0.717) is 22.0 Å². The minimum atomic E-state index is -4.18. The summed E-state index contributed by atoms with van der Waals surface area (Å²) >= 11 is 12.4. The molecular formula is C29H27Cl2N3O6S2. The Morgan fingerprint density at radius 1 is 0.833 bits per heavy atom. The molecule has 4 aromatic carbocycles. The summed E-state index contributed by atoms with van der Waals surface area (Å²) in [6.07, 6.45) is 0. The van der Waals surface area contributed by atoms with E-state index >= 15 is 0 Å². The lowest BCUT2D eigenvalue weighted by molar-refractivity contribution is -0.114. The summed E-state index contributed by atoms with van der Waals surface area (Å²) in [6, 6.07) is 20.9. The largest absolute Gasteiger partial charge is 0.495 e. The molecule has 4 rings (SSSR count). The molecule has 1 amide bonds. The number of sulfonamides is 2. The van der Waals surface area contributed by atoms with Gasteiger partial charge in [0.25, 0.3) is 20.0 Å². The van der Waals surface area contributed by atoms with Gasteiger partial charge in [-0.1, -0.05) is 47.0 Å². The van der Waals surface area contributed by atoms with E-state index in [9.17, 15) is 21.6 Å². The van der Waals surface area contributed by atoms with Crippen LogP contribution in [0, 0.1) is 13.8 Å². The van der Waals surface area contributed by atoms with Crippen LogP contribution >= 0.6 is 23.2 Å². The Morgan fingerprint density at radius 3 is 2.10 bits per heavy atom. The van der Waals surface area contributed by atoms with Gasteiger partial charge < -0.3 is 10.1 Å². The summed E-state index contributed by atoms with van der Waals surface area (Å²) in [5.41, 5.74) is 2.20. The van der Waals surface area contributed by atoms with Crippen LogP contribution in [0.2, 0.25) is 10.0 Å². The molecule has 0 fully saturated rings. The molecule has 13 heteroatoms. The maximum atomic E-state index is 13.6. The smallest absolute Gasteiger partial charge is 0.264 e. The predicted octanol–water partition coefficient (Wildman–Crippen LogP) is 6.25. The number of hydrogen-bond acceptors (Lipinski definition) is 6. The second-order valence-corrected chi connectivity index (χ2v) is 13.6. The third-order valence-corrected chi connectivity index (χ3v) is 10.2. The first-order chi connectivity index (χ1) is 19.8. The standard InChI is InChI=1S/C29H27Cl2N3O6S2/c1-19-7-12-24(13-8-19)42(38,39)34(22-11-16-28(40-3)26(31)17-22)18-29(35)32-21-9-14-23(15-10-21)41(36,37)33-27-6-4-5-25(30)20(27)2/h4-17,33H,18H2,1-3H3,(H,32,35). The van der Waals surface area contributed by atoms with Crippen molar-refractivity contribution in [2.45, 2.75) is 23.6 Å². The molecule has 0 aromatic heterocycles. The zero-order valence-electron chi connectivity index (χ0n) is 22.8. The maximum Gasteiger partial charge on any atom is 0.264 e. The van der Waals surface area contributed by atoms with Gasteiger partial charge in [-0.2, -0.15) is 0 Å². The van der Waals surface area contributed by atoms with Crippen molar-refractivity contribution in [2.24, 2.45) is 0 Å². The van der Waals surface area contributed by atoms with Gasteiger partial charge in [0.1, 0.15) is 12.3 Å². The second-order valence-electron chi connectivity index (χ2n) is 9.23. The summed E-state index contributed by atoms with van der Waals surface area (Å²) in [6.45, 7) is 2.94. The van der Waals surface area contributed by atoms with E-state index in [4.69, 9.17) is 27.9 Å². The van der Waals surface area contributed by atoms with Gasteiger partial charge in [0.2, 0.25) is 5.91 Å². The third kappa shape index (κ3) is 6.99. The molecule has 0 unspecified atom stereocenters. The van der Waals surface area contributed by atoms with Crippen LogP contribution in [-0.4, -0.2) is 36.4 Å². The maximum absolute atomic E-state index is 13.6. The van der Waals surface area contributed by atoms with Crippen molar-refractivity contribution in [2.75, 3.05) is 28.0 Å². The topological polar surface area (TPSA) is 122 Å². The van der Waals surface area contributed by atoms with Crippen molar-refractivity contribution >= 4 is 66.2 Å². The molecule has 4 aromatic rings. The molecule has 0 heterocycles. The fourth-order valence-electron chi connectivity index (χ4n) is 3.93. The number of halogens is 2. The van der Waals surface area contributed by atoms with Crippen LogP contribution < -0.4 is 19.1 Å². The van der Waals surface area contributed by atoms with E-state index in [-0.39, 0.29) is 26.2 Å². The van der Waals surface area contributed by atoms with Gasteiger partial charge >= 0.3 is 0 Å². The first kappa shape index (κ1) is 31.2. The number of nitrogens with zero attached hydrogens (tertiary/aromatic N) is 1. The molecule has 0 atom stereocenters. The average Bonchev–Trinajstić information content (AvgIpc) is 2.94.